The van der Waals surface area contributed by atoms with E-state index < -0.39 is 0 Å². The van der Waals surface area contributed by atoms with Crippen molar-refractivity contribution >= 4 is 29.0 Å². The third kappa shape index (κ3) is 5.17. The molecule has 7 heteroatoms. The molecule has 140 valence electrons. The van der Waals surface area contributed by atoms with Crippen LogP contribution in [0, 0.1) is 5.92 Å². The molecule has 0 saturated carbocycles. The minimum Gasteiger partial charge on any atom is -0.334 e. The fraction of sp³-hybridized carbons (Fsp3) is 0.526. The van der Waals surface area contributed by atoms with Gasteiger partial charge in [0, 0.05) is 37.0 Å². The molecule has 1 fully saturated rings. The first-order valence-corrected chi connectivity index (χ1v) is 10.3. The Morgan fingerprint density at radius 2 is 2.12 bits per heavy atom. The highest BCUT2D eigenvalue weighted by molar-refractivity contribution is 7.11. The predicted octanol–water partition coefficient (Wildman–Crippen LogP) is 4.48. The highest BCUT2D eigenvalue weighted by atomic mass is 35.5. The zero-order valence-corrected chi connectivity index (χ0v) is 16.8. The summed E-state index contributed by atoms with van der Waals surface area (Å²) in [6.45, 7) is 6.39. The van der Waals surface area contributed by atoms with Crippen LogP contribution in [0.25, 0.3) is 0 Å². The van der Waals surface area contributed by atoms with Gasteiger partial charge in [0.25, 0.3) is 0 Å². The lowest BCUT2D eigenvalue weighted by atomic mass is 9.99. The number of hydrogen-bond acceptors (Lipinski definition) is 4. The van der Waals surface area contributed by atoms with Crippen molar-refractivity contribution in [1.29, 1.82) is 0 Å². The second-order valence-electron chi connectivity index (χ2n) is 7.20. The molecule has 0 radical (unpaired) electrons. The van der Waals surface area contributed by atoms with Gasteiger partial charge in [0.2, 0.25) is 0 Å². The fourth-order valence-electron chi connectivity index (χ4n) is 3.12. The molecular weight excluding hydrogens is 368 g/mol. The first-order valence-electron chi connectivity index (χ1n) is 9.10. The van der Waals surface area contributed by atoms with Crippen molar-refractivity contribution < 1.29 is 4.79 Å². The summed E-state index contributed by atoms with van der Waals surface area (Å²) in [6, 6.07) is 7.52. The molecule has 0 bridgehead atoms. The normalized spacial score (nSPS) is 17.5. The summed E-state index contributed by atoms with van der Waals surface area (Å²) in [5.74, 6) is 0.876. The van der Waals surface area contributed by atoms with Gasteiger partial charge < -0.3 is 10.2 Å². The number of likely N-dealkylation sites (tertiary alicyclic amines) is 1. The molecule has 1 aromatic heterocycles. The maximum absolute atomic E-state index is 12.5. The van der Waals surface area contributed by atoms with Crippen LogP contribution < -0.4 is 5.32 Å². The molecule has 5 nitrogen and oxygen atoms in total. The first kappa shape index (κ1) is 19.1. The largest absolute Gasteiger partial charge is 0.334 e. The number of carbonyl (C=O) groups excluding carboxylic acids is 1. The Balaban J connectivity index is 1.54. The van der Waals surface area contributed by atoms with Crippen LogP contribution in [0.5, 0.6) is 0 Å². The van der Waals surface area contributed by atoms with Crippen LogP contribution in [-0.4, -0.2) is 34.2 Å². The Morgan fingerprint density at radius 1 is 1.35 bits per heavy atom. The quantitative estimate of drug-likeness (QED) is 0.816. The standard InChI is InChI=1S/C19H25ClN4OS/c1-13(2)10-17-22-23-18(26-17)15-4-3-9-24(12-15)19(25)21-11-14-5-7-16(20)8-6-14/h5-8,13,15H,3-4,9-12H2,1-2H3,(H,21,25). The van der Waals surface area contributed by atoms with E-state index in [0.717, 1.165) is 41.4 Å². The predicted molar refractivity (Wildman–Crippen MR) is 106 cm³/mol. The van der Waals surface area contributed by atoms with Crippen molar-refractivity contribution in [2.45, 2.75) is 45.6 Å². The number of piperidine rings is 1. The molecular formula is C19H25ClN4OS. The van der Waals surface area contributed by atoms with Crippen LogP contribution in [0.1, 0.15) is 48.2 Å². The van der Waals surface area contributed by atoms with Crippen molar-refractivity contribution in [1.82, 2.24) is 20.4 Å². The molecule has 1 aromatic carbocycles. The number of halogens is 1. The summed E-state index contributed by atoms with van der Waals surface area (Å²) in [4.78, 5) is 14.4. The number of urea groups is 1. The summed E-state index contributed by atoms with van der Waals surface area (Å²) < 4.78 is 0. The van der Waals surface area contributed by atoms with Crippen LogP contribution in [0.15, 0.2) is 24.3 Å². The molecule has 2 amide bonds. The van der Waals surface area contributed by atoms with Gasteiger partial charge in [-0.1, -0.05) is 37.6 Å². The van der Waals surface area contributed by atoms with E-state index in [0.29, 0.717) is 29.9 Å². The van der Waals surface area contributed by atoms with E-state index in [1.165, 1.54) is 0 Å². The molecule has 3 rings (SSSR count). The highest BCUT2D eigenvalue weighted by Crippen LogP contribution is 2.29. The average Bonchev–Trinajstić information content (AvgIpc) is 3.09. The molecule has 2 aromatic rings. The number of hydrogen-bond donors (Lipinski definition) is 1. The molecule has 1 aliphatic heterocycles. The van der Waals surface area contributed by atoms with E-state index in [9.17, 15) is 4.79 Å². The Bertz CT molecular complexity index is 731. The van der Waals surface area contributed by atoms with Gasteiger partial charge in [0.05, 0.1) is 0 Å². The number of amides is 2. The monoisotopic (exact) mass is 392 g/mol. The number of nitrogens with one attached hydrogen (secondary N) is 1. The summed E-state index contributed by atoms with van der Waals surface area (Å²) in [5, 5.41) is 14.6. The molecule has 1 aliphatic rings. The Morgan fingerprint density at radius 3 is 2.85 bits per heavy atom. The molecule has 26 heavy (non-hydrogen) atoms. The zero-order chi connectivity index (χ0) is 18.5. The number of aromatic nitrogens is 2. The number of nitrogens with zero attached hydrogens (tertiary/aromatic N) is 3. The average molecular weight is 393 g/mol. The van der Waals surface area contributed by atoms with Gasteiger partial charge >= 0.3 is 6.03 Å². The van der Waals surface area contributed by atoms with Crippen molar-refractivity contribution in [2.75, 3.05) is 13.1 Å². The van der Waals surface area contributed by atoms with Crippen molar-refractivity contribution in [3.05, 3.63) is 44.9 Å². The Kier molecular flexibility index (Phi) is 6.48. The van der Waals surface area contributed by atoms with E-state index in [2.05, 4.69) is 29.4 Å². The van der Waals surface area contributed by atoms with Gasteiger partial charge in [-0.05, 0) is 36.5 Å². The third-order valence-electron chi connectivity index (χ3n) is 4.48. The molecule has 0 aliphatic carbocycles. The lowest BCUT2D eigenvalue weighted by Crippen LogP contribution is -2.44. The van der Waals surface area contributed by atoms with Gasteiger partial charge in [-0.2, -0.15) is 0 Å². The van der Waals surface area contributed by atoms with Crippen molar-refractivity contribution in [2.24, 2.45) is 5.92 Å². The van der Waals surface area contributed by atoms with Gasteiger partial charge in [0.1, 0.15) is 10.0 Å². The number of rotatable bonds is 5. The second kappa shape index (κ2) is 8.82. The van der Waals surface area contributed by atoms with E-state index >= 15 is 0 Å². The smallest absolute Gasteiger partial charge is 0.317 e. The minimum absolute atomic E-state index is 0.0171. The van der Waals surface area contributed by atoms with Crippen LogP contribution in [-0.2, 0) is 13.0 Å². The zero-order valence-electron chi connectivity index (χ0n) is 15.2. The van der Waals surface area contributed by atoms with Gasteiger partial charge in [-0.3, -0.25) is 0 Å². The minimum atomic E-state index is -0.0171. The molecule has 1 N–H and O–H groups in total. The van der Waals surface area contributed by atoms with E-state index in [4.69, 9.17) is 11.6 Å². The third-order valence-corrected chi connectivity index (χ3v) is 5.84. The maximum atomic E-state index is 12.5. The SMILES string of the molecule is CC(C)Cc1nnc(C2CCCN(C(=O)NCc3ccc(Cl)cc3)C2)s1. The summed E-state index contributed by atoms with van der Waals surface area (Å²) in [7, 11) is 0. The fourth-order valence-corrected chi connectivity index (χ4v) is 4.42. The van der Waals surface area contributed by atoms with Gasteiger partial charge in [0.15, 0.2) is 0 Å². The molecule has 1 unspecified atom stereocenters. The summed E-state index contributed by atoms with van der Waals surface area (Å²) >= 11 is 7.59. The van der Waals surface area contributed by atoms with Crippen LogP contribution >= 0.6 is 22.9 Å². The Labute approximate surface area is 163 Å². The van der Waals surface area contributed by atoms with Crippen molar-refractivity contribution in [3.63, 3.8) is 0 Å². The highest BCUT2D eigenvalue weighted by Gasteiger charge is 2.27. The lowest BCUT2D eigenvalue weighted by molar-refractivity contribution is 0.179. The molecule has 1 saturated heterocycles. The van der Waals surface area contributed by atoms with Gasteiger partial charge in [-0.25, -0.2) is 4.79 Å². The number of benzene rings is 1. The van der Waals surface area contributed by atoms with Crippen molar-refractivity contribution in [3.8, 4) is 0 Å². The summed E-state index contributed by atoms with van der Waals surface area (Å²) in [5.41, 5.74) is 1.04. The van der Waals surface area contributed by atoms with Gasteiger partial charge in [-0.15, -0.1) is 21.5 Å². The maximum Gasteiger partial charge on any atom is 0.317 e. The summed E-state index contributed by atoms with van der Waals surface area (Å²) in [6.07, 6.45) is 3.03. The van der Waals surface area contributed by atoms with E-state index in [-0.39, 0.29) is 6.03 Å². The molecule has 2 heterocycles. The van der Waals surface area contributed by atoms with Crippen LogP contribution in [0.3, 0.4) is 0 Å². The lowest BCUT2D eigenvalue weighted by Gasteiger charge is -2.31. The molecule has 0 spiro atoms. The number of carbonyl (C=O) groups is 1. The van der Waals surface area contributed by atoms with E-state index in [1.807, 2.05) is 29.2 Å². The van der Waals surface area contributed by atoms with Crippen LogP contribution in [0.4, 0.5) is 4.79 Å². The Hall–Kier alpha value is -1.66. The van der Waals surface area contributed by atoms with Crippen LogP contribution in [0.2, 0.25) is 5.02 Å². The first-order chi connectivity index (χ1) is 12.5. The second-order valence-corrected chi connectivity index (χ2v) is 8.73. The molecule has 1 atom stereocenters. The topological polar surface area (TPSA) is 58.1 Å². The van der Waals surface area contributed by atoms with E-state index in [1.54, 1.807) is 11.3 Å².